The molecule has 0 aliphatic carbocycles. The highest BCUT2D eigenvalue weighted by atomic mass is 32.2. The molecule has 150 valence electrons. The number of aromatic nitrogens is 1. The average Bonchev–Trinajstić information content (AvgIpc) is 3.12. The van der Waals surface area contributed by atoms with E-state index in [0.717, 1.165) is 11.3 Å². The number of hydrogen-bond acceptors (Lipinski definition) is 6. The Morgan fingerprint density at radius 3 is 2.34 bits per heavy atom. The van der Waals surface area contributed by atoms with Crippen LogP contribution in [0.5, 0.6) is 5.75 Å². The van der Waals surface area contributed by atoms with Crippen LogP contribution in [0.15, 0.2) is 65.2 Å². The Labute approximate surface area is 172 Å². The summed E-state index contributed by atoms with van der Waals surface area (Å²) in [6.07, 6.45) is 0. The van der Waals surface area contributed by atoms with Crippen molar-refractivity contribution >= 4 is 35.1 Å². The number of rotatable bonds is 9. The summed E-state index contributed by atoms with van der Waals surface area (Å²) in [5, 5.41) is 9.09. The van der Waals surface area contributed by atoms with Crippen molar-refractivity contribution in [2.24, 2.45) is 0 Å². The fourth-order valence-corrected chi connectivity index (χ4v) is 3.03. The number of carbonyl (C=O) groups excluding carboxylic acids is 2. The Hall–Kier alpha value is -3.26. The molecule has 1 heterocycles. The maximum Gasteiger partial charge on any atom is 0.235 e. The normalized spacial score (nSPS) is 10.4. The quantitative estimate of drug-likeness (QED) is 0.555. The number of anilines is 2. The fourth-order valence-electron chi connectivity index (χ4n) is 2.41. The summed E-state index contributed by atoms with van der Waals surface area (Å²) in [7, 11) is 0. The van der Waals surface area contributed by atoms with Crippen molar-refractivity contribution in [3.63, 3.8) is 0 Å². The summed E-state index contributed by atoms with van der Waals surface area (Å²) < 4.78 is 10.6. The molecule has 0 aliphatic rings. The monoisotopic (exact) mass is 411 g/mol. The van der Waals surface area contributed by atoms with E-state index < -0.39 is 0 Å². The van der Waals surface area contributed by atoms with Crippen LogP contribution < -0.4 is 15.4 Å². The Balaban J connectivity index is 1.36. The highest BCUT2D eigenvalue weighted by Crippen LogP contribution is 2.17. The lowest BCUT2D eigenvalue weighted by Crippen LogP contribution is -2.18. The molecule has 2 aromatic carbocycles. The lowest BCUT2D eigenvalue weighted by molar-refractivity contribution is -0.114. The molecule has 0 saturated carbocycles. The van der Waals surface area contributed by atoms with Crippen LogP contribution in [0, 0.1) is 6.92 Å². The first-order chi connectivity index (χ1) is 14.1. The van der Waals surface area contributed by atoms with Crippen LogP contribution in [-0.2, 0) is 16.2 Å². The molecule has 0 radical (unpaired) electrons. The predicted octanol–water partition coefficient (Wildman–Crippen LogP) is 3.87. The Kier molecular flexibility index (Phi) is 7.29. The lowest BCUT2D eigenvalue weighted by Gasteiger charge is -2.08. The summed E-state index contributed by atoms with van der Waals surface area (Å²) in [6.45, 7) is 2.23. The number of nitrogens with zero attached hydrogens (tertiary/aromatic N) is 1. The van der Waals surface area contributed by atoms with Gasteiger partial charge in [0.25, 0.3) is 0 Å². The first-order valence-corrected chi connectivity index (χ1v) is 10.1. The van der Waals surface area contributed by atoms with Gasteiger partial charge in [0.1, 0.15) is 18.1 Å². The molecule has 3 rings (SSSR count). The highest BCUT2D eigenvalue weighted by Gasteiger charge is 2.09. The van der Waals surface area contributed by atoms with Gasteiger partial charge in [-0.15, -0.1) is 11.8 Å². The third kappa shape index (κ3) is 7.00. The van der Waals surface area contributed by atoms with E-state index in [1.165, 1.54) is 11.8 Å². The summed E-state index contributed by atoms with van der Waals surface area (Å²) in [5.74, 6) is 1.59. The molecule has 3 aromatic rings. The van der Waals surface area contributed by atoms with E-state index in [9.17, 15) is 9.59 Å². The molecule has 0 atom stereocenters. The standard InChI is InChI=1S/C21H21N3O4S/c1-15-11-19(24-28-15)23-21(26)14-29-13-20(25)22-17-7-9-18(10-8-17)27-12-16-5-3-2-4-6-16/h2-11H,12-14H2,1H3,(H,22,25)(H,23,24,26). The molecule has 2 amide bonds. The maximum atomic E-state index is 12.0. The highest BCUT2D eigenvalue weighted by molar-refractivity contribution is 8.00. The van der Waals surface area contributed by atoms with E-state index in [1.54, 1.807) is 37.3 Å². The molecule has 7 nitrogen and oxygen atoms in total. The van der Waals surface area contributed by atoms with Gasteiger partial charge in [0.15, 0.2) is 5.82 Å². The number of hydrogen-bond donors (Lipinski definition) is 2. The van der Waals surface area contributed by atoms with E-state index in [-0.39, 0.29) is 23.3 Å². The summed E-state index contributed by atoms with van der Waals surface area (Å²) in [6, 6.07) is 18.7. The number of thioether (sulfide) groups is 1. The second-order valence-corrected chi connectivity index (χ2v) is 7.20. The minimum atomic E-state index is -0.240. The minimum Gasteiger partial charge on any atom is -0.489 e. The van der Waals surface area contributed by atoms with Gasteiger partial charge >= 0.3 is 0 Å². The van der Waals surface area contributed by atoms with Crippen molar-refractivity contribution in [3.05, 3.63) is 72.0 Å². The maximum absolute atomic E-state index is 12.0. The number of ether oxygens (including phenoxy) is 1. The smallest absolute Gasteiger partial charge is 0.235 e. The molecule has 0 aliphatic heterocycles. The zero-order valence-electron chi connectivity index (χ0n) is 15.9. The lowest BCUT2D eigenvalue weighted by atomic mass is 10.2. The first kappa shape index (κ1) is 20.5. The molecule has 29 heavy (non-hydrogen) atoms. The minimum absolute atomic E-state index is 0.144. The molecule has 0 bridgehead atoms. The zero-order chi connectivity index (χ0) is 20.5. The van der Waals surface area contributed by atoms with Crippen LogP contribution in [0.2, 0.25) is 0 Å². The topological polar surface area (TPSA) is 93.5 Å². The van der Waals surface area contributed by atoms with Crippen LogP contribution in [-0.4, -0.2) is 28.5 Å². The fraction of sp³-hybridized carbons (Fsp3) is 0.190. The van der Waals surface area contributed by atoms with Gasteiger partial charge in [-0.25, -0.2) is 0 Å². The second-order valence-electron chi connectivity index (χ2n) is 6.21. The predicted molar refractivity (Wildman–Crippen MR) is 113 cm³/mol. The third-order valence-electron chi connectivity index (χ3n) is 3.75. The largest absolute Gasteiger partial charge is 0.489 e. The van der Waals surface area contributed by atoms with E-state index in [0.29, 0.717) is 23.9 Å². The summed E-state index contributed by atoms with van der Waals surface area (Å²) in [4.78, 5) is 23.8. The number of benzene rings is 2. The molecule has 1 aromatic heterocycles. The summed E-state index contributed by atoms with van der Waals surface area (Å²) in [5.41, 5.74) is 1.76. The first-order valence-electron chi connectivity index (χ1n) is 8.96. The Morgan fingerprint density at radius 1 is 1.00 bits per heavy atom. The Morgan fingerprint density at radius 2 is 1.69 bits per heavy atom. The van der Waals surface area contributed by atoms with Gasteiger partial charge in [0.05, 0.1) is 11.5 Å². The van der Waals surface area contributed by atoms with Crippen LogP contribution >= 0.6 is 11.8 Å². The van der Waals surface area contributed by atoms with Crippen LogP contribution in [0.4, 0.5) is 11.5 Å². The molecule has 0 fully saturated rings. The van der Waals surface area contributed by atoms with Gasteiger partial charge in [0.2, 0.25) is 11.8 Å². The molecule has 2 N–H and O–H groups in total. The summed E-state index contributed by atoms with van der Waals surface area (Å²) >= 11 is 1.22. The van der Waals surface area contributed by atoms with Crippen LogP contribution in [0.1, 0.15) is 11.3 Å². The van der Waals surface area contributed by atoms with E-state index in [2.05, 4.69) is 15.8 Å². The second kappa shape index (κ2) is 10.3. The molecule has 8 heteroatoms. The van der Waals surface area contributed by atoms with Crippen molar-refractivity contribution in [2.75, 3.05) is 22.1 Å². The molecule has 0 saturated heterocycles. The number of nitrogens with one attached hydrogen (secondary N) is 2. The zero-order valence-corrected chi connectivity index (χ0v) is 16.7. The van der Waals surface area contributed by atoms with Crippen molar-refractivity contribution in [3.8, 4) is 5.75 Å². The van der Waals surface area contributed by atoms with Crippen LogP contribution in [0.3, 0.4) is 0 Å². The average molecular weight is 411 g/mol. The molecular weight excluding hydrogens is 390 g/mol. The third-order valence-corrected chi connectivity index (χ3v) is 4.68. The van der Waals surface area contributed by atoms with Crippen molar-refractivity contribution in [2.45, 2.75) is 13.5 Å². The van der Waals surface area contributed by atoms with Gasteiger partial charge in [-0.1, -0.05) is 35.5 Å². The molecule has 0 spiro atoms. The van der Waals surface area contributed by atoms with Gasteiger partial charge in [-0.05, 0) is 36.8 Å². The van der Waals surface area contributed by atoms with Gasteiger partial charge in [-0.3, -0.25) is 9.59 Å². The number of aryl methyl sites for hydroxylation is 1. The number of amides is 2. The van der Waals surface area contributed by atoms with Gasteiger partial charge < -0.3 is 19.9 Å². The van der Waals surface area contributed by atoms with Gasteiger partial charge in [-0.2, -0.15) is 0 Å². The molecular formula is C21H21N3O4S. The van der Waals surface area contributed by atoms with E-state index in [1.807, 2.05) is 30.3 Å². The SMILES string of the molecule is Cc1cc(NC(=O)CSCC(=O)Nc2ccc(OCc3ccccc3)cc2)no1. The van der Waals surface area contributed by atoms with Crippen molar-refractivity contribution < 1.29 is 18.8 Å². The van der Waals surface area contributed by atoms with Crippen LogP contribution in [0.25, 0.3) is 0 Å². The number of carbonyl (C=O) groups is 2. The van der Waals surface area contributed by atoms with Crippen molar-refractivity contribution in [1.82, 2.24) is 5.16 Å². The molecule has 0 unspecified atom stereocenters. The van der Waals surface area contributed by atoms with Crippen molar-refractivity contribution in [1.29, 1.82) is 0 Å². The van der Waals surface area contributed by atoms with E-state index in [4.69, 9.17) is 9.26 Å². The van der Waals surface area contributed by atoms with Gasteiger partial charge in [0, 0.05) is 11.8 Å². The van der Waals surface area contributed by atoms with E-state index >= 15 is 0 Å². The Bertz CT molecular complexity index is 942.